The number of nitrogens with zero attached hydrogens (tertiary/aromatic N) is 2. The van der Waals surface area contributed by atoms with Gasteiger partial charge in [-0.2, -0.15) is 5.10 Å². The highest BCUT2D eigenvalue weighted by Crippen LogP contribution is 2.28. The van der Waals surface area contributed by atoms with Crippen molar-refractivity contribution in [2.24, 2.45) is 7.05 Å². The third kappa shape index (κ3) is 3.21. The smallest absolute Gasteiger partial charge is 0.0521 e. The molecule has 1 N–H and O–H groups in total. The fourth-order valence-electron chi connectivity index (χ4n) is 2.09. The van der Waals surface area contributed by atoms with Crippen LogP contribution in [0.5, 0.6) is 0 Å². The molecule has 0 fully saturated rings. The molecule has 1 heterocycles. The van der Waals surface area contributed by atoms with Crippen LogP contribution in [-0.2, 0) is 13.5 Å². The maximum atomic E-state index is 9.55. The second-order valence-electron chi connectivity index (χ2n) is 4.46. The van der Waals surface area contributed by atoms with Gasteiger partial charge in [0.25, 0.3) is 0 Å². The van der Waals surface area contributed by atoms with Crippen LogP contribution in [0.25, 0.3) is 0 Å². The minimum absolute atomic E-state index is 0.167. The van der Waals surface area contributed by atoms with Crippen LogP contribution in [0.2, 0.25) is 0 Å². The van der Waals surface area contributed by atoms with Gasteiger partial charge >= 0.3 is 0 Å². The van der Waals surface area contributed by atoms with E-state index >= 15 is 0 Å². The minimum atomic E-state index is 0.167. The van der Waals surface area contributed by atoms with Gasteiger partial charge in [-0.3, -0.25) is 4.68 Å². The van der Waals surface area contributed by atoms with Crippen molar-refractivity contribution in [2.45, 2.75) is 18.8 Å². The SMILES string of the molecule is Cn1cc(CCC(CO)c2ccccc2Br)cn1. The van der Waals surface area contributed by atoms with Crippen LogP contribution in [0.4, 0.5) is 0 Å². The van der Waals surface area contributed by atoms with E-state index in [0.717, 1.165) is 17.3 Å². The van der Waals surface area contributed by atoms with Gasteiger partial charge < -0.3 is 5.11 Å². The van der Waals surface area contributed by atoms with Crippen LogP contribution < -0.4 is 0 Å². The lowest BCUT2D eigenvalue weighted by Gasteiger charge is -2.15. The predicted octanol–water partition coefficient (Wildman–Crippen LogP) is 2.89. The summed E-state index contributed by atoms with van der Waals surface area (Å²) in [5, 5.41) is 13.7. The van der Waals surface area contributed by atoms with Gasteiger partial charge in [-0.15, -0.1) is 0 Å². The van der Waals surface area contributed by atoms with Gasteiger partial charge in [-0.1, -0.05) is 34.1 Å². The summed E-state index contributed by atoms with van der Waals surface area (Å²) in [5.41, 5.74) is 2.38. The van der Waals surface area contributed by atoms with Crippen molar-refractivity contribution < 1.29 is 5.11 Å². The summed E-state index contributed by atoms with van der Waals surface area (Å²) in [6.07, 6.45) is 5.76. The molecule has 0 amide bonds. The normalized spacial score (nSPS) is 12.6. The molecule has 96 valence electrons. The number of aromatic nitrogens is 2. The van der Waals surface area contributed by atoms with E-state index in [1.807, 2.05) is 42.3 Å². The number of aliphatic hydroxyl groups is 1. The molecule has 0 aliphatic carbocycles. The highest BCUT2D eigenvalue weighted by atomic mass is 79.9. The van der Waals surface area contributed by atoms with Crippen molar-refractivity contribution in [3.63, 3.8) is 0 Å². The summed E-state index contributed by atoms with van der Waals surface area (Å²) in [4.78, 5) is 0. The standard InChI is InChI=1S/C14H17BrN2O/c1-17-9-11(8-16-17)6-7-12(10-18)13-4-2-3-5-14(13)15/h2-5,8-9,12,18H,6-7,10H2,1H3. The molecule has 1 aromatic heterocycles. The van der Waals surface area contributed by atoms with Crippen molar-refractivity contribution in [1.82, 2.24) is 9.78 Å². The van der Waals surface area contributed by atoms with Crippen molar-refractivity contribution in [2.75, 3.05) is 6.61 Å². The zero-order chi connectivity index (χ0) is 13.0. The first-order valence-corrected chi connectivity index (χ1v) is 6.83. The van der Waals surface area contributed by atoms with Gasteiger partial charge in [0.15, 0.2) is 0 Å². The third-order valence-corrected chi connectivity index (χ3v) is 3.83. The zero-order valence-electron chi connectivity index (χ0n) is 10.4. The van der Waals surface area contributed by atoms with Gasteiger partial charge in [0.1, 0.15) is 0 Å². The van der Waals surface area contributed by atoms with E-state index < -0.39 is 0 Å². The van der Waals surface area contributed by atoms with Crippen LogP contribution in [-0.4, -0.2) is 21.5 Å². The predicted molar refractivity (Wildman–Crippen MR) is 75.5 cm³/mol. The summed E-state index contributed by atoms with van der Waals surface area (Å²) in [6, 6.07) is 8.08. The van der Waals surface area contributed by atoms with Crippen LogP contribution >= 0.6 is 15.9 Å². The molecule has 0 bridgehead atoms. The van der Waals surface area contributed by atoms with Crippen molar-refractivity contribution in [3.05, 3.63) is 52.3 Å². The first kappa shape index (κ1) is 13.3. The molecular weight excluding hydrogens is 292 g/mol. The number of hydrogen-bond donors (Lipinski definition) is 1. The number of aryl methyl sites for hydroxylation is 2. The Balaban J connectivity index is 2.04. The van der Waals surface area contributed by atoms with Crippen LogP contribution in [0.15, 0.2) is 41.1 Å². The molecule has 0 aliphatic heterocycles. The first-order chi connectivity index (χ1) is 8.70. The number of rotatable bonds is 5. The molecule has 2 aromatic rings. The first-order valence-electron chi connectivity index (χ1n) is 6.03. The quantitative estimate of drug-likeness (QED) is 0.922. The number of aliphatic hydroxyl groups excluding tert-OH is 1. The molecule has 1 unspecified atom stereocenters. The van der Waals surface area contributed by atoms with E-state index in [1.54, 1.807) is 0 Å². The molecule has 0 spiro atoms. The molecular formula is C14H17BrN2O. The average Bonchev–Trinajstić information content (AvgIpc) is 2.78. The molecule has 1 aromatic carbocycles. The fraction of sp³-hybridized carbons (Fsp3) is 0.357. The third-order valence-electron chi connectivity index (χ3n) is 3.11. The Labute approximate surface area is 116 Å². The Morgan fingerprint density at radius 2 is 2.17 bits per heavy atom. The molecule has 0 radical (unpaired) electrons. The van der Waals surface area contributed by atoms with Crippen LogP contribution in [0, 0.1) is 0 Å². The van der Waals surface area contributed by atoms with Crippen molar-refractivity contribution in [3.8, 4) is 0 Å². The number of halogens is 1. The Bertz CT molecular complexity index is 510. The summed E-state index contributed by atoms with van der Waals surface area (Å²) < 4.78 is 2.87. The van der Waals surface area contributed by atoms with Gasteiger partial charge in [0, 0.05) is 30.2 Å². The molecule has 1 atom stereocenters. The Morgan fingerprint density at radius 3 is 2.78 bits per heavy atom. The summed E-state index contributed by atoms with van der Waals surface area (Å²) >= 11 is 3.54. The minimum Gasteiger partial charge on any atom is -0.396 e. The van der Waals surface area contributed by atoms with E-state index in [2.05, 4.69) is 27.1 Å². The zero-order valence-corrected chi connectivity index (χ0v) is 12.0. The maximum absolute atomic E-state index is 9.55. The molecule has 0 saturated carbocycles. The highest BCUT2D eigenvalue weighted by Gasteiger charge is 2.13. The average molecular weight is 309 g/mol. The van der Waals surface area contributed by atoms with E-state index in [-0.39, 0.29) is 12.5 Å². The largest absolute Gasteiger partial charge is 0.396 e. The van der Waals surface area contributed by atoms with Crippen LogP contribution in [0.3, 0.4) is 0 Å². The second kappa shape index (κ2) is 6.16. The Morgan fingerprint density at radius 1 is 1.39 bits per heavy atom. The Hall–Kier alpha value is -1.13. The summed E-state index contributed by atoms with van der Waals surface area (Å²) in [7, 11) is 1.92. The molecule has 2 rings (SSSR count). The summed E-state index contributed by atoms with van der Waals surface area (Å²) in [6.45, 7) is 0.170. The lowest BCUT2D eigenvalue weighted by molar-refractivity contribution is 0.259. The topological polar surface area (TPSA) is 38.0 Å². The maximum Gasteiger partial charge on any atom is 0.0521 e. The lowest BCUT2D eigenvalue weighted by Crippen LogP contribution is -2.06. The van der Waals surface area contributed by atoms with Gasteiger partial charge in [-0.05, 0) is 30.0 Å². The van der Waals surface area contributed by atoms with E-state index in [4.69, 9.17) is 0 Å². The highest BCUT2D eigenvalue weighted by molar-refractivity contribution is 9.10. The molecule has 0 aliphatic rings. The molecule has 0 saturated heterocycles. The molecule has 18 heavy (non-hydrogen) atoms. The van der Waals surface area contributed by atoms with E-state index in [9.17, 15) is 5.11 Å². The van der Waals surface area contributed by atoms with Crippen LogP contribution in [0.1, 0.15) is 23.5 Å². The van der Waals surface area contributed by atoms with E-state index in [1.165, 1.54) is 11.1 Å². The number of benzene rings is 1. The van der Waals surface area contributed by atoms with Gasteiger partial charge in [-0.25, -0.2) is 0 Å². The Kier molecular flexibility index (Phi) is 4.55. The van der Waals surface area contributed by atoms with Crippen molar-refractivity contribution in [1.29, 1.82) is 0 Å². The molecule has 3 nitrogen and oxygen atoms in total. The van der Waals surface area contributed by atoms with Crippen molar-refractivity contribution >= 4 is 15.9 Å². The molecule has 4 heteroatoms. The monoisotopic (exact) mass is 308 g/mol. The second-order valence-corrected chi connectivity index (χ2v) is 5.32. The fourth-order valence-corrected chi connectivity index (χ4v) is 2.70. The van der Waals surface area contributed by atoms with Gasteiger partial charge in [0.2, 0.25) is 0 Å². The van der Waals surface area contributed by atoms with E-state index in [0.29, 0.717) is 0 Å². The van der Waals surface area contributed by atoms with Gasteiger partial charge in [0.05, 0.1) is 6.20 Å². The lowest BCUT2D eigenvalue weighted by atomic mass is 9.94. The summed E-state index contributed by atoms with van der Waals surface area (Å²) in [5.74, 6) is 0.167. The number of hydrogen-bond acceptors (Lipinski definition) is 2.